The van der Waals surface area contributed by atoms with Gasteiger partial charge in [0.2, 0.25) is 11.5 Å². The lowest BCUT2D eigenvalue weighted by Crippen LogP contribution is -2.33. The lowest BCUT2D eigenvalue weighted by molar-refractivity contribution is 0.0219. The lowest BCUT2D eigenvalue weighted by Gasteiger charge is -2.38. The van der Waals surface area contributed by atoms with Gasteiger partial charge in [0, 0.05) is 5.56 Å². The first-order valence-electron chi connectivity index (χ1n) is 12.0. The number of ether oxygens (including phenoxy) is 6. The Balaban J connectivity index is 1.87. The quantitative estimate of drug-likeness (QED) is 0.378. The van der Waals surface area contributed by atoms with Crippen molar-refractivity contribution in [3.05, 3.63) is 70.8 Å². The minimum atomic E-state index is -1.25. The number of benzene rings is 3. The summed E-state index contributed by atoms with van der Waals surface area (Å²) in [6.07, 6.45) is 0. The van der Waals surface area contributed by atoms with Crippen LogP contribution in [0.4, 0.5) is 0 Å². The lowest BCUT2D eigenvalue weighted by atomic mass is 9.77. The van der Waals surface area contributed by atoms with Crippen molar-refractivity contribution in [1.82, 2.24) is 0 Å². The minimum Gasteiger partial charge on any atom is -0.490 e. The molecule has 3 aromatic carbocycles. The van der Waals surface area contributed by atoms with Crippen LogP contribution in [0.3, 0.4) is 0 Å². The number of carbonyl (C=O) groups excluding carboxylic acids is 1. The Bertz CT molecular complexity index is 1220. The Kier molecular flexibility index (Phi) is 5.93. The third-order valence-electron chi connectivity index (χ3n) is 6.06. The number of fused-ring (bicyclic) bond motifs is 6. The molecular formula is C28H28O7. The summed E-state index contributed by atoms with van der Waals surface area (Å²) in [6, 6.07) is 14.8. The van der Waals surface area contributed by atoms with Crippen molar-refractivity contribution in [1.29, 1.82) is 0 Å². The van der Waals surface area contributed by atoms with Crippen molar-refractivity contribution in [2.24, 2.45) is 0 Å². The molecule has 0 atom stereocenters. The van der Waals surface area contributed by atoms with E-state index < -0.39 is 11.6 Å². The highest BCUT2D eigenvalue weighted by Gasteiger charge is 2.55. The second-order valence-corrected chi connectivity index (χ2v) is 7.99. The molecule has 0 radical (unpaired) electrons. The van der Waals surface area contributed by atoms with E-state index in [0.29, 0.717) is 77.6 Å². The van der Waals surface area contributed by atoms with Gasteiger partial charge in [0.25, 0.3) is 0 Å². The van der Waals surface area contributed by atoms with Crippen LogP contribution in [0.5, 0.6) is 34.5 Å². The smallest absolute Gasteiger partial charge is 0.340 e. The molecule has 0 unspecified atom stereocenters. The number of carbonyl (C=O) groups is 1. The van der Waals surface area contributed by atoms with Gasteiger partial charge in [-0.15, -0.1) is 0 Å². The fourth-order valence-electron chi connectivity index (χ4n) is 4.81. The Morgan fingerprint density at radius 3 is 1.69 bits per heavy atom. The van der Waals surface area contributed by atoms with E-state index in [1.165, 1.54) is 0 Å². The van der Waals surface area contributed by atoms with Gasteiger partial charge >= 0.3 is 5.97 Å². The van der Waals surface area contributed by atoms with Crippen LogP contribution in [0.15, 0.2) is 48.5 Å². The van der Waals surface area contributed by atoms with Crippen LogP contribution < -0.4 is 23.7 Å². The molecule has 0 bridgehead atoms. The maximum Gasteiger partial charge on any atom is 0.340 e. The Morgan fingerprint density at radius 1 is 0.657 bits per heavy atom. The first-order chi connectivity index (χ1) is 17.1. The third-order valence-corrected chi connectivity index (χ3v) is 6.06. The van der Waals surface area contributed by atoms with Gasteiger partial charge in [-0.05, 0) is 58.0 Å². The highest BCUT2D eigenvalue weighted by atomic mass is 16.6. The summed E-state index contributed by atoms with van der Waals surface area (Å²) < 4.78 is 36.6. The van der Waals surface area contributed by atoms with Crippen LogP contribution in [-0.4, -0.2) is 32.4 Å². The maximum absolute atomic E-state index is 13.1. The van der Waals surface area contributed by atoms with E-state index in [-0.39, 0.29) is 0 Å². The second kappa shape index (κ2) is 9.06. The van der Waals surface area contributed by atoms with Gasteiger partial charge in [-0.25, -0.2) is 4.79 Å². The molecule has 2 aliphatic heterocycles. The first kappa shape index (κ1) is 22.9. The van der Waals surface area contributed by atoms with Crippen molar-refractivity contribution in [2.75, 3.05) is 26.4 Å². The van der Waals surface area contributed by atoms with Crippen molar-refractivity contribution in [3.63, 3.8) is 0 Å². The third kappa shape index (κ3) is 3.37. The molecule has 35 heavy (non-hydrogen) atoms. The van der Waals surface area contributed by atoms with Crippen molar-refractivity contribution in [3.8, 4) is 34.5 Å². The zero-order chi connectivity index (χ0) is 24.6. The fourth-order valence-corrected chi connectivity index (χ4v) is 4.81. The van der Waals surface area contributed by atoms with Gasteiger partial charge < -0.3 is 28.4 Å². The molecule has 2 aliphatic rings. The molecule has 1 spiro atoms. The van der Waals surface area contributed by atoms with E-state index in [1.54, 1.807) is 6.07 Å². The molecule has 3 aromatic rings. The molecule has 2 heterocycles. The Morgan fingerprint density at radius 2 is 1.17 bits per heavy atom. The van der Waals surface area contributed by atoms with Crippen molar-refractivity contribution < 1.29 is 33.2 Å². The van der Waals surface area contributed by atoms with Gasteiger partial charge in [-0.3, -0.25) is 0 Å². The van der Waals surface area contributed by atoms with Crippen molar-refractivity contribution in [2.45, 2.75) is 33.3 Å². The molecule has 0 aliphatic carbocycles. The normalized spacial score (nSPS) is 14.3. The molecule has 0 amide bonds. The number of rotatable bonds is 8. The van der Waals surface area contributed by atoms with Gasteiger partial charge in [0.05, 0.1) is 43.1 Å². The van der Waals surface area contributed by atoms with Crippen LogP contribution in [-0.2, 0) is 10.3 Å². The topological polar surface area (TPSA) is 72.5 Å². The zero-order valence-electron chi connectivity index (χ0n) is 20.3. The van der Waals surface area contributed by atoms with Crippen LogP contribution in [0.25, 0.3) is 0 Å². The molecule has 0 saturated heterocycles. The highest BCUT2D eigenvalue weighted by molar-refractivity contribution is 5.97. The maximum atomic E-state index is 13.1. The van der Waals surface area contributed by atoms with Crippen molar-refractivity contribution >= 4 is 5.97 Å². The molecule has 5 rings (SSSR count). The van der Waals surface area contributed by atoms with Gasteiger partial charge in [-0.2, -0.15) is 0 Å². The van der Waals surface area contributed by atoms with Crippen LogP contribution >= 0.6 is 0 Å². The van der Waals surface area contributed by atoms with E-state index >= 15 is 0 Å². The highest BCUT2D eigenvalue weighted by Crippen LogP contribution is 2.62. The summed E-state index contributed by atoms with van der Waals surface area (Å²) >= 11 is 0. The molecule has 7 heteroatoms. The summed E-state index contributed by atoms with van der Waals surface area (Å²) in [5.41, 5.74) is 1.30. The fraction of sp³-hybridized carbons (Fsp3) is 0.321. The first-order valence-corrected chi connectivity index (χ1v) is 12.0. The van der Waals surface area contributed by atoms with E-state index in [4.69, 9.17) is 28.4 Å². The molecule has 7 nitrogen and oxygen atoms in total. The Labute approximate surface area is 204 Å². The average Bonchev–Trinajstić information content (AvgIpc) is 3.16. The summed E-state index contributed by atoms with van der Waals surface area (Å²) in [5, 5.41) is 0. The van der Waals surface area contributed by atoms with E-state index in [1.807, 2.05) is 70.2 Å². The Hall–Kier alpha value is -3.87. The molecule has 0 aromatic heterocycles. The summed E-state index contributed by atoms with van der Waals surface area (Å²) in [5.74, 6) is 2.42. The number of hydrogen-bond donors (Lipinski definition) is 0. The molecular weight excluding hydrogens is 448 g/mol. The second-order valence-electron chi connectivity index (χ2n) is 7.99. The van der Waals surface area contributed by atoms with Crippen LogP contribution in [0.2, 0.25) is 0 Å². The standard InChI is InChI=1S/C28H28O7/c1-5-30-21-15-13-19-23(25(21)32-7-3)34-24-20(14-16-22(31-6-2)26(24)33-8-4)28(19)18-12-10-9-11-17(18)27(29)35-28/h9-16H,5-8H2,1-4H3. The minimum absolute atomic E-state index is 0.396. The number of hydrogen-bond acceptors (Lipinski definition) is 7. The molecule has 0 saturated carbocycles. The average molecular weight is 477 g/mol. The largest absolute Gasteiger partial charge is 0.490 e. The summed E-state index contributed by atoms with van der Waals surface area (Å²) in [6.45, 7) is 9.30. The predicted molar refractivity (Wildman–Crippen MR) is 129 cm³/mol. The predicted octanol–water partition coefficient (Wildman–Crippen LogP) is 5.85. The van der Waals surface area contributed by atoms with E-state index in [2.05, 4.69) is 0 Å². The SMILES string of the molecule is CCOc1ccc2c(c1OCC)Oc1c(ccc(OCC)c1OCC)C21OC(=O)c2ccccc21. The molecule has 0 N–H and O–H groups in total. The monoisotopic (exact) mass is 476 g/mol. The van der Waals surface area contributed by atoms with E-state index in [0.717, 1.165) is 5.56 Å². The van der Waals surface area contributed by atoms with E-state index in [9.17, 15) is 4.79 Å². The number of esters is 1. The van der Waals surface area contributed by atoms with Crippen LogP contribution in [0, 0.1) is 0 Å². The van der Waals surface area contributed by atoms with Gasteiger partial charge in [0.15, 0.2) is 28.6 Å². The van der Waals surface area contributed by atoms with Gasteiger partial charge in [0.1, 0.15) is 0 Å². The van der Waals surface area contributed by atoms with Crippen LogP contribution in [0.1, 0.15) is 54.7 Å². The van der Waals surface area contributed by atoms with Gasteiger partial charge in [-0.1, -0.05) is 18.2 Å². The molecule has 182 valence electrons. The zero-order valence-corrected chi connectivity index (χ0v) is 20.3. The summed E-state index contributed by atoms with van der Waals surface area (Å²) in [7, 11) is 0. The molecule has 0 fully saturated rings. The summed E-state index contributed by atoms with van der Waals surface area (Å²) in [4.78, 5) is 13.1.